The zero-order valence-corrected chi connectivity index (χ0v) is 12.0. The summed E-state index contributed by atoms with van der Waals surface area (Å²) in [6.07, 6.45) is 1.69. The number of benzene rings is 1. The van der Waals surface area contributed by atoms with E-state index in [1.54, 1.807) is 13.1 Å². The number of nitrogens with one attached hydrogen (secondary N) is 1. The summed E-state index contributed by atoms with van der Waals surface area (Å²) in [6, 6.07) is 2.68. The van der Waals surface area contributed by atoms with Gasteiger partial charge in [0.1, 0.15) is 11.5 Å². The molecule has 1 aromatic heterocycles. The van der Waals surface area contributed by atoms with E-state index in [2.05, 4.69) is 10.3 Å². The van der Waals surface area contributed by atoms with Gasteiger partial charge in [-0.3, -0.25) is 0 Å². The van der Waals surface area contributed by atoms with E-state index in [1.807, 2.05) is 30.6 Å². The summed E-state index contributed by atoms with van der Waals surface area (Å²) >= 11 is 0. The van der Waals surface area contributed by atoms with Crippen molar-refractivity contribution >= 4 is 11.6 Å². The maximum Gasteiger partial charge on any atom is 0.204 e. The zero-order chi connectivity index (χ0) is 14.9. The van der Waals surface area contributed by atoms with Gasteiger partial charge in [0, 0.05) is 21.1 Å². The number of aryl methyl sites for hydroxylation is 1. The summed E-state index contributed by atoms with van der Waals surface area (Å²) < 4.78 is 29.4. The van der Waals surface area contributed by atoms with Crippen LogP contribution in [0.15, 0.2) is 18.3 Å². The van der Waals surface area contributed by atoms with Crippen LogP contribution in [0.4, 0.5) is 20.4 Å². The van der Waals surface area contributed by atoms with E-state index in [1.165, 1.54) is 12.1 Å². The molecular formula is C14H18F2N4. The highest BCUT2D eigenvalue weighted by Gasteiger charge is 2.13. The molecule has 0 saturated carbocycles. The summed E-state index contributed by atoms with van der Waals surface area (Å²) in [5.41, 5.74) is 1.15. The average molecular weight is 280 g/mol. The summed E-state index contributed by atoms with van der Waals surface area (Å²) in [7, 11) is 5.64. The van der Waals surface area contributed by atoms with Gasteiger partial charge in [-0.25, -0.2) is 13.8 Å². The molecule has 2 aromatic rings. The van der Waals surface area contributed by atoms with Gasteiger partial charge < -0.3 is 14.8 Å². The van der Waals surface area contributed by atoms with Crippen molar-refractivity contribution in [2.45, 2.75) is 13.5 Å². The highest BCUT2D eigenvalue weighted by Crippen LogP contribution is 2.22. The smallest absolute Gasteiger partial charge is 0.204 e. The number of imidazole rings is 1. The van der Waals surface area contributed by atoms with E-state index < -0.39 is 11.6 Å². The fourth-order valence-electron chi connectivity index (χ4n) is 2.01. The number of halogens is 2. The van der Waals surface area contributed by atoms with Crippen molar-refractivity contribution in [2.24, 2.45) is 7.05 Å². The molecule has 108 valence electrons. The van der Waals surface area contributed by atoms with Crippen LogP contribution in [0, 0.1) is 18.6 Å². The van der Waals surface area contributed by atoms with E-state index in [9.17, 15) is 8.78 Å². The molecule has 0 atom stereocenters. The molecule has 0 aliphatic rings. The fraction of sp³-hybridized carbons (Fsp3) is 0.357. The Morgan fingerprint density at radius 3 is 2.60 bits per heavy atom. The van der Waals surface area contributed by atoms with Crippen molar-refractivity contribution in [2.75, 3.05) is 24.3 Å². The van der Waals surface area contributed by atoms with Crippen LogP contribution in [0.3, 0.4) is 0 Å². The van der Waals surface area contributed by atoms with Crippen molar-refractivity contribution in [3.05, 3.63) is 41.2 Å². The number of hydrogen-bond acceptors (Lipinski definition) is 3. The molecule has 0 radical (unpaired) electrons. The summed E-state index contributed by atoms with van der Waals surface area (Å²) in [4.78, 5) is 6.12. The molecule has 6 heteroatoms. The second-order valence-electron chi connectivity index (χ2n) is 4.91. The van der Waals surface area contributed by atoms with Crippen LogP contribution in [-0.4, -0.2) is 23.6 Å². The minimum absolute atomic E-state index is 0.0994. The predicted molar refractivity (Wildman–Crippen MR) is 76.0 cm³/mol. The van der Waals surface area contributed by atoms with Crippen LogP contribution in [0.25, 0.3) is 0 Å². The Hall–Kier alpha value is -2.11. The van der Waals surface area contributed by atoms with Crippen molar-refractivity contribution in [3.63, 3.8) is 0 Å². The molecule has 0 bridgehead atoms. The van der Waals surface area contributed by atoms with Gasteiger partial charge in [0.25, 0.3) is 0 Å². The van der Waals surface area contributed by atoms with Gasteiger partial charge in [0.15, 0.2) is 5.82 Å². The molecule has 0 unspecified atom stereocenters. The van der Waals surface area contributed by atoms with Crippen LogP contribution in [0.1, 0.15) is 11.3 Å². The SMILES string of the molecule is Cc1ccc(F)c(NCc2cnc(N(C)C)n2C)c1F. The lowest BCUT2D eigenvalue weighted by atomic mass is 10.2. The molecule has 1 aromatic carbocycles. The normalized spacial score (nSPS) is 10.7. The molecule has 0 aliphatic heterocycles. The third-order valence-corrected chi connectivity index (χ3v) is 3.19. The molecule has 4 nitrogen and oxygen atoms in total. The first-order chi connectivity index (χ1) is 9.41. The molecule has 2 rings (SSSR count). The van der Waals surface area contributed by atoms with Gasteiger partial charge >= 0.3 is 0 Å². The third-order valence-electron chi connectivity index (χ3n) is 3.19. The van der Waals surface area contributed by atoms with Gasteiger partial charge in [-0.05, 0) is 18.6 Å². The Morgan fingerprint density at radius 2 is 2.00 bits per heavy atom. The molecular weight excluding hydrogens is 262 g/mol. The molecule has 1 N–H and O–H groups in total. The lowest BCUT2D eigenvalue weighted by Gasteiger charge is -2.14. The minimum Gasteiger partial charge on any atom is -0.375 e. The third kappa shape index (κ3) is 2.59. The Bertz CT molecular complexity index is 620. The maximum absolute atomic E-state index is 13.9. The topological polar surface area (TPSA) is 33.1 Å². The van der Waals surface area contributed by atoms with E-state index in [0.29, 0.717) is 12.1 Å². The molecule has 0 fully saturated rings. The van der Waals surface area contributed by atoms with Crippen LogP contribution in [0.2, 0.25) is 0 Å². The van der Waals surface area contributed by atoms with E-state index in [4.69, 9.17) is 0 Å². The highest BCUT2D eigenvalue weighted by atomic mass is 19.1. The number of anilines is 2. The fourth-order valence-corrected chi connectivity index (χ4v) is 2.01. The lowest BCUT2D eigenvalue weighted by Crippen LogP contribution is -2.15. The summed E-state index contributed by atoms with van der Waals surface area (Å²) in [5, 5.41) is 2.80. The number of hydrogen-bond donors (Lipinski definition) is 1. The van der Waals surface area contributed by atoms with E-state index in [0.717, 1.165) is 11.6 Å². The first-order valence-corrected chi connectivity index (χ1v) is 6.28. The van der Waals surface area contributed by atoms with Gasteiger partial charge in [0.2, 0.25) is 5.95 Å². The van der Waals surface area contributed by atoms with Crippen molar-refractivity contribution in [1.29, 1.82) is 0 Å². The number of rotatable bonds is 4. The largest absolute Gasteiger partial charge is 0.375 e. The second-order valence-corrected chi connectivity index (χ2v) is 4.91. The Balaban J connectivity index is 2.20. The van der Waals surface area contributed by atoms with Crippen molar-refractivity contribution in [3.8, 4) is 0 Å². The molecule has 0 aliphatic carbocycles. The molecule has 1 heterocycles. The van der Waals surface area contributed by atoms with Crippen molar-refractivity contribution in [1.82, 2.24) is 9.55 Å². The maximum atomic E-state index is 13.9. The van der Waals surface area contributed by atoms with Crippen LogP contribution in [0.5, 0.6) is 0 Å². The summed E-state index contributed by atoms with van der Waals surface area (Å²) in [6.45, 7) is 1.91. The molecule has 0 saturated heterocycles. The van der Waals surface area contributed by atoms with E-state index >= 15 is 0 Å². The minimum atomic E-state index is -0.594. The Labute approximate surface area is 117 Å². The van der Waals surface area contributed by atoms with Crippen LogP contribution in [-0.2, 0) is 13.6 Å². The average Bonchev–Trinajstić information content (AvgIpc) is 2.76. The van der Waals surface area contributed by atoms with Gasteiger partial charge in [-0.2, -0.15) is 0 Å². The number of nitrogens with zero attached hydrogens (tertiary/aromatic N) is 3. The molecule has 20 heavy (non-hydrogen) atoms. The quantitative estimate of drug-likeness (QED) is 0.934. The van der Waals surface area contributed by atoms with Gasteiger partial charge in [-0.15, -0.1) is 0 Å². The van der Waals surface area contributed by atoms with Crippen molar-refractivity contribution < 1.29 is 8.78 Å². The second kappa shape index (κ2) is 5.48. The monoisotopic (exact) mass is 280 g/mol. The Morgan fingerprint density at radius 1 is 1.30 bits per heavy atom. The lowest BCUT2D eigenvalue weighted by molar-refractivity contribution is 0.581. The molecule has 0 spiro atoms. The first kappa shape index (κ1) is 14.3. The van der Waals surface area contributed by atoms with E-state index in [-0.39, 0.29) is 5.69 Å². The highest BCUT2D eigenvalue weighted by molar-refractivity contribution is 5.49. The Kier molecular flexibility index (Phi) is 3.92. The molecule has 0 amide bonds. The van der Waals surface area contributed by atoms with Gasteiger partial charge in [0.05, 0.1) is 18.4 Å². The predicted octanol–water partition coefficient (Wildman–Crippen LogP) is 2.68. The number of aromatic nitrogens is 2. The van der Waals surface area contributed by atoms with Crippen LogP contribution >= 0.6 is 0 Å². The summed E-state index contributed by atoms with van der Waals surface area (Å²) in [5.74, 6) is -0.366. The zero-order valence-electron chi connectivity index (χ0n) is 12.0. The van der Waals surface area contributed by atoms with Gasteiger partial charge in [-0.1, -0.05) is 6.07 Å². The standard InChI is InChI=1S/C14H18F2N4/c1-9-5-6-11(15)13(12(9)16)17-7-10-8-18-14(19(2)3)20(10)4/h5-6,8,17H,7H2,1-4H3. The van der Waals surface area contributed by atoms with Crippen LogP contribution < -0.4 is 10.2 Å². The first-order valence-electron chi connectivity index (χ1n) is 6.28.